The summed E-state index contributed by atoms with van der Waals surface area (Å²) in [4.78, 5) is 19.2. The van der Waals surface area contributed by atoms with Crippen LogP contribution in [0.5, 0.6) is 0 Å². The second-order valence-corrected chi connectivity index (χ2v) is 6.79. The standard InChI is InChI=1S/C22H21N5O/c1-26(2)20-11-7-6-10-19(20)25-22(28)18-12-17-14-24-27(21(17)23-13-18)15-16-8-4-3-5-9-16/h3-14H,15H2,1-2H3,(H,25,28). The van der Waals surface area contributed by atoms with Gasteiger partial charge in [0.05, 0.1) is 29.7 Å². The van der Waals surface area contributed by atoms with Crippen molar-refractivity contribution in [2.75, 3.05) is 24.3 Å². The summed E-state index contributed by atoms with van der Waals surface area (Å²) >= 11 is 0. The molecule has 1 N–H and O–H groups in total. The van der Waals surface area contributed by atoms with Gasteiger partial charge in [0.15, 0.2) is 5.65 Å². The predicted octanol–water partition coefficient (Wildman–Crippen LogP) is 3.80. The lowest BCUT2D eigenvalue weighted by molar-refractivity contribution is 0.102. The van der Waals surface area contributed by atoms with Gasteiger partial charge >= 0.3 is 0 Å². The average molecular weight is 371 g/mol. The second-order valence-electron chi connectivity index (χ2n) is 6.79. The van der Waals surface area contributed by atoms with E-state index in [1.165, 1.54) is 0 Å². The van der Waals surface area contributed by atoms with E-state index in [0.29, 0.717) is 12.1 Å². The molecule has 0 atom stereocenters. The third kappa shape index (κ3) is 3.57. The Balaban J connectivity index is 1.58. The summed E-state index contributed by atoms with van der Waals surface area (Å²) < 4.78 is 1.84. The van der Waals surface area contributed by atoms with Crippen LogP contribution in [0.2, 0.25) is 0 Å². The zero-order chi connectivity index (χ0) is 19.5. The quantitative estimate of drug-likeness (QED) is 0.580. The van der Waals surface area contributed by atoms with Gasteiger partial charge in [-0.25, -0.2) is 9.67 Å². The molecule has 2 aromatic carbocycles. The molecule has 0 saturated carbocycles. The van der Waals surface area contributed by atoms with E-state index in [2.05, 4.69) is 27.5 Å². The molecule has 0 spiro atoms. The lowest BCUT2D eigenvalue weighted by atomic mass is 10.2. The largest absolute Gasteiger partial charge is 0.376 e. The van der Waals surface area contributed by atoms with Crippen molar-refractivity contribution < 1.29 is 4.79 Å². The highest BCUT2D eigenvalue weighted by molar-refractivity contribution is 6.07. The van der Waals surface area contributed by atoms with Crippen LogP contribution in [0.3, 0.4) is 0 Å². The van der Waals surface area contributed by atoms with Crippen molar-refractivity contribution in [1.29, 1.82) is 0 Å². The molecule has 6 nitrogen and oxygen atoms in total. The van der Waals surface area contributed by atoms with Crippen LogP contribution in [-0.2, 0) is 6.54 Å². The molecule has 0 aliphatic heterocycles. The fraction of sp³-hybridized carbons (Fsp3) is 0.136. The van der Waals surface area contributed by atoms with Crippen LogP contribution in [0.15, 0.2) is 73.1 Å². The van der Waals surface area contributed by atoms with Crippen LogP contribution in [0.25, 0.3) is 11.0 Å². The van der Waals surface area contributed by atoms with Crippen molar-refractivity contribution in [3.8, 4) is 0 Å². The van der Waals surface area contributed by atoms with Crippen LogP contribution < -0.4 is 10.2 Å². The number of para-hydroxylation sites is 2. The van der Waals surface area contributed by atoms with Crippen LogP contribution in [0.1, 0.15) is 15.9 Å². The molecule has 2 aromatic heterocycles. The summed E-state index contributed by atoms with van der Waals surface area (Å²) in [5.41, 5.74) is 4.11. The molecular weight excluding hydrogens is 350 g/mol. The molecule has 0 unspecified atom stereocenters. The smallest absolute Gasteiger partial charge is 0.257 e. The Kier molecular flexibility index (Phi) is 4.76. The minimum Gasteiger partial charge on any atom is -0.376 e. The van der Waals surface area contributed by atoms with Gasteiger partial charge in [-0.1, -0.05) is 42.5 Å². The molecule has 0 saturated heterocycles. The van der Waals surface area contributed by atoms with Gasteiger partial charge in [0.2, 0.25) is 0 Å². The first-order valence-corrected chi connectivity index (χ1v) is 9.05. The van der Waals surface area contributed by atoms with Gasteiger partial charge in [-0.2, -0.15) is 5.10 Å². The van der Waals surface area contributed by atoms with Gasteiger partial charge in [-0.15, -0.1) is 0 Å². The maximum absolute atomic E-state index is 12.7. The molecule has 0 bridgehead atoms. The van der Waals surface area contributed by atoms with Crippen molar-refractivity contribution in [2.45, 2.75) is 6.54 Å². The van der Waals surface area contributed by atoms with E-state index in [-0.39, 0.29) is 5.91 Å². The Morgan fingerprint density at radius 1 is 1.04 bits per heavy atom. The first kappa shape index (κ1) is 17.7. The van der Waals surface area contributed by atoms with E-state index in [4.69, 9.17) is 0 Å². The van der Waals surface area contributed by atoms with E-state index in [1.54, 1.807) is 12.4 Å². The molecular formula is C22H21N5O. The van der Waals surface area contributed by atoms with Crippen molar-refractivity contribution in [1.82, 2.24) is 14.8 Å². The lowest BCUT2D eigenvalue weighted by Crippen LogP contribution is -2.16. The van der Waals surface area contributed by atoms with Crippen LogP contribution >= 0.6 is 0 Å². The third-order valence-corrected chi connectivity index (χ3v) is 4.55. The topological polar surface area (TPSA) is 63.1 Å². The number of pyridine rings is 1. The van der Waals surface area contributed by atoms with E-state index in [1.807, 2.05) is 72.2 Å². The van der Waals surface area contributed by atoms with Crippen molar-refractivity contribution in [3.05, 3.63) is 84.2 Å². The number of carbonyl (C=O) groups is 1. The molecule has 2 heterocycles. The Morgan fingerprint density at radius 3 is 2.57 bits per heavy atom. The fourth-order valence-electron chi connectivity index (χ4n) is 3.13. The highest BCUT2D eigenvalue weighted by atomic mass is 16.1. The highest BCUT2D eigenvalue weighted by Gasteiger charge is 2.13. The van der Waals surface area contributed by atoms with Crippen LogP contribution in [0.4, 0.5) is 11.4 Å². The zero-order valence-electron chi connectivity index (χ0n) is 15.8. The Hall–Kier alpha value is -3.67. The SMILES string of the molecule is CN(C)c1ccccc1NC(=O)c1cnc2c(cnn2Cc2ccccc2)c1. The summed E-state index contributed by atoms with van der Waals surface area (Å²) in [7, 11) is 3.89. The van der Waals surface area contributed by atoms with Crippen molar-refractivity contribution in [3.63, 3.8) is 0 Å². The summed E-state index contributed by atoms with van der Waals surface area (Å²) in [6.07, 6.45) is 3.34. The lowest BCUT2D eigenvalue weighted by Gasteiger charge is -2.17. The molecule has 0 fully saturated rings. The Labute approximate surface area is 163 Å². The van der Waals surface area contributed by atoms with Crippen molar-refractivity contribution >= 4 is 28.3 Å². The van der Waals surface area contributed by atoms with E-state index in [0.717, 1.165) is 28.0 Å². The maximum Gasteiger partial charge on any atom is 0.257 e. The van der Waals surface area contributed by atoms with Gasteiger partial charge in [-0.05, 0) is 23.8 Å². The van der Waals surface area contributed by atoms with Gasteiger partial charge in [0.1, 0.15) is 0 Å². The molecule has 6 heteroatoms. The molecule has 0 radical (unpaired) electrons. The molecule has 0 aliphatic rings. The van der Waals surface area contributed by atoms with Gasteiger partial charge in [0, 0.05) is 25.7 Å². The maximum atomic E-state index is 12.7. The van der Waals surface area contributed by atoms with Crippen LogP contribution in [-0.4, -0.2) is 34.8 Å². The number of fused-ring (bicyclic) bond motifs is 1. The molecule has 1 amide bonds. The number of amides is 1. The van der Waals surface area contributed by atoms with Gasteiger partial charge in [-0.3, -0.25) is 4.79 Å². The summed E-state index contributed by atoms with van der Waals surface area (Å²) in [6, 6.07) is 19.6. The second kappa shape index (κ2) is 7.52. The number of nitrogens with zero attached hydrogens (tertiary/aromatic N) is 4. The van der Waals surface area contributed by atoms with E-state index >= 15 is 0 Å². The monoisotopic (exact) mass is 371 g/mol. The number of rotatable bonds is 5. The van der Waals surface area contributed by atoms with Gasteiger partial charge < -0.3 is 10.2 Å². The minimum atomic E-state index is -0.195. The van der Waals surface area contributed by atoms with Crippen LogP contribution in [0, 0.1) is 0 Å². The molecule has 28 heavy (non-hydrogen) atoms. The summed E-state index contributed by atoms with van der Waals surface area (Å²) in [6.45, 7) is 0.638. The van der Waals surface area contributed by atoms with Crippen molar-refractivity contribution in [2.24, 2.45) is 0 Å². The fourth-order valence-corrected chi connectivity index (χ4v) is 3.13. The highest BCUT2D eigenvalue weighted by Crippen LogP contribution is 2.24. The number of hydrogen-bond donors (Lipinski definition) is 1. The number of carbonyl (C=O) groups excluding carboxylic acids is 1. The molecule has 4 aromatic rings. The number of benzene rings is 2. The zero-order valence-corrected chi connectivity index (χ0v) is 15.8. The average Bonchev–Trinajstić information content (AvgIpc) is 3.11. The third-order valence-electron chi connectivity index (χ3n) is 4.55. The first-order valence-electron chi connectivity index (χ1n) is 9.05. The molecule has 0 aliphatic carbocycles. The van der Waals surface area contributed by atoms with E-state index < -0.39 is 0 Å². The predicted molar refractivity (Wildman–Crippen MR) is 112 cm³/mol. The van der Waals surface area contributed by atoms with E-state index in [9.17, 15) is 4.79 Å². The number of hydrogen-bond acceptors (Lipinski definition) is 4. The Morgan fingerprint density at radius 2 is 1.79 bits per heavy atom. The molecule has 4 rings (SSSR count). The summed E-state index contributed by atoms with van der Waals surface area (Å²) in [5, 5.41) is 8.24. The number of aromatic nitrogens is 3. The minimum absolute atomic E-state index is 0.195. The first-order chi connectivity index (χ1) is 13.6. The molecule has 140 valence electrons. The normalized spacial score (nSPS) is 10.8. The van der Waals surface area contributed by atoms with Gasteiger partial charge in [0.25, 0.3) is 5.91 Å². The summed E-state index contributed by atoms with van der Waals surface area (Å²) in [5.74, 6) is -0.195. The Bertz CT molecular complexity index is 1120. The number of nitrogens with one attached hydrogen (secondary N) is 1. The number of anilines is 2.